The third-order valence-corrected chi connectivity index (χ3v) is 3.54. The summed E-state index contributed by atoms with van der Waals surface area (Å²) in [5, 5.41) is 2.98. The number of hydrogen-bond acceptors (Lipinski definition) is 6. The lowest BCUT2D eigenvalue weighted by molar-refractivity contribution is -0.128. The van der Waals surface area contributed by atoms with Gasteiger partial charge >= 0.3 is 0 Å². The van der Waals surface area contributed by atoms with Crippen molar-refractivity contribution in [1.29, 1.82) is 0 Å². The second kappa shape index (κ2) is 5.96. The van der Waals surface area contributed by atoms with E-state index in [0.29, 0.717) is 16.1 Å². The number of hydrazine groups is 1. The normalized spacial score (nSPS) is 14.7. The van der Waals surface area contributed by atoms with Crippen LogP contribution in [0, 0.1) is 0 Å². The number of halogens is 1. The highest BCUT2D eigenvalue weighted by Gasteiger charge is 2.18. The number of anilines is 2. The van der Waals surface area contributed by atoms with Crippen LogP contribution in [0.4, 0.5) is 11.6 Å². The second-order valence-electron chi connectivity index (χ2n) is 3.97. The molecule has 2 heterocycles. The largest absolute Gasteiger partial charge is 0.360 e. The van der Waals surface area contributed by atoms with Crippen LogP contribution in [-0.2, 0) is 4.79 Å². The van der Waals surface area contributed by atoms with E-state index in [2.05, 4.69) is 36.6 Å². The van der Waals surface area contributed by atoms with Crippen molar-refractivity contribution in [3.8, 4) is 0 Å². The molecular weight excluding hydrogens is 300 g/mol. The van der Waals surface area contributed by atoms with Gasteiger partial charge in [0.1, 0.15) is 16.6 Å². The number of likely N-dealkylation sites (tertiary alicyclic amines) is 1. The lowest BCUT2D eigenvalue weighted by Gasteiger charge is -2.16. The number of nitrogens with one attached hydrogen (secondary N) is 2. The molecule has 8 heteroatoms. The number of carbonyl (C=O) groups is 1. The molecule has 4 N–H and O–H groups in total. The van der Waals surface area contributed by atoms with Gasteiger partial charge in [-0.05, 0) is 28.8 Å². The van der Waals surface area contributed by atoms with E-state index in [1.807, 2.05) is 4.90 Å². The molecule has 1 aliphatic rings. The summed E-state index contributed by atoms with van der Waals surface area (Å²) in [7, 11) is 0. The highest BCUT2D eigenvalue weighted by atomic mass is 79.9. The Morgan fingerprint density at radius 3 is 2.72 bits per heavy atom. The molecule has 0 spiro atoms. The van der Waals surface area contributed by atoms with E-state index in [9.17, 15) is 4.79 Å². The molecule has 0 radical (unpaired) electrons. The first-order chi connectivity index (χ1) is 8.72. The molecule has 0 bridgehead atoms. The van der Waals surface area contributed by atoms with Gasteiger partial charge in [0.25, 0.3) is 0 Å². The van der Waals surface area contributed by atoms with E-state index in [1.165, 1.54) is 6.33 Å². The van der Waals surface area contributed by atoms with Crippen molar-refractivity contribution in [1.82, 2.24) is 14.9 Å². The van der Waals surface area contributed by atoms with Crippen LogP contribution in [0.1, 0.15) is 12.8 Å². The predicted octanol–water partition coefficient (Wildman–Crippen LogP) is 0.559. The standard InChI is InChI=1S/C10H15BrN6O/c11-8-9(14-6-15-10(8)16-12)13-5-7(18)17-3-1-2-4-17/h6H,1-5,12H2,(H2,13,14,15,16). The van der Waals surface area contributed by atoms with Gasteiger partial charge in [0, 0.05) is 13.1 Å². The van der Waals surface area contributed by atoms with E-state index in [0.717, 1.165) is 25.9 Å². The first-order valence-electron chi connectivity index (χ1n) is 5.71. The monoisotopic (exact) mass is 314 g/mol. The zero-order chi connectivity index (χ0) is 13.0. The van der Waals surface area contributed by atoms with Crippen LogP contribution >= 0.6 is 15.9 Å². The predicted molar refractivity (Wildman–Crippen MR) is 71.8 cm³/mol. The number of rotatable bonds is 4. The SMILES string of the molecule is NNc1ncnc(NCC(=O)N2CCCC2)c1Br. The summed E-state index contributed by atoms with van der Waals surface area (Å²) in [4.78, 5) is 21.7. The van der Waals surface area contributed by atoms with Gasteiger partial charge in [-0.15, -0.1) is 0 Å². The van der Waals surface area contributed by atoms with Crippen molar-refractivity contribution in [2.45, 2.75) is 12.8 Å². The number of hydrogen-bond donors (Lipinski definition) is 3. The Kier molecular flexibility index (Phi) is 4.32. The van der Waals surface area contributed by atoms with Crippen LogP contribution < -0.4 is 16.6 Å². The van der Waals surface area contributed by atoms with Crippen LogP contribution in [0.2, 0.25) is 0 Å². The molecule has 0 aromatic carbocycles. The average molecular weight is 315 g/mol. The highest BCUT2D eigenvalue weighted by Crippen LogP contribution is 2.25. The molecule has 18 heavy (non-hydrogen) atoms. The van der Waals surface area contributed by atoms with Crippen LogP contribution in [0.3, 0.4) is 0 Å². The molecule has 0 aliphatic carbocycles. The van der Waals surface area contributed by atoms with E-state index >= 15 is 0 Å². The van der Waals surface area contributed by atoms with Gasteiger partial charge < -0.3 is 15.6 Å². The molecular formula is C10H15BrN6O. The Morgan fingerprint density at radius 1 is 1.39 bits per heavy atom. The van der Waals surface area contributed by atoms with Gasteiger partial charge in [-0.2, -0.15) is 0 Å². The zero-order valence-electron chi connectivity index (χ0n) is 9.82. The highest BCUT2D eigenvalue weighted by molar-refractivity contribution is 9.10. The smallest absolute Gasteiger partial charge is 0.241 e. The maximum atomic E-state index is 11.8. The fourth-order valence-electron chi connectivity index (χ4n) is 1.83. The van der Waals surface area contributed by atoms with Crippen molar-refractivity contribution < 1.29 is 4.79 Å². The summed E-state index contributed by atoms with van der Waals surface area (Å²) >= 11 is 3.32. The lowest BCUT2D eigenvalue weighted by atomic mass is 10.4. The molecule has 1 aromatic heterocycles. The Hall–Kier alpha value is -1.41. The molecule has 98 valence electrons. The van der Waals surface area contributed by atoms with Gasteiger partial charge in [-0.3, -0.25) is 4.79 Å². The molecule has 1 aromatic rings. The Balaban J connectivity index is 1.95. The minimum Gasteiger partial charge on any atom is -0.360 e. The van der Waals surface area contributed by atoms with Gasteiger partial charge in [-0.1, -0.05) is 0 Å². The first kappa shape index (κ1) is 13.0. The van der Waals surface area contributed by atoms with E-state index in [1.54, 1.807) is 0 Å². The van der Waals surface area contributed by atoms with Crippen molar-refractivity contribution in [2.75, 3.05) is 30.4 Å². The minimum atomic E-state index is 0.0836. The van der Waals surface area contributed by atoms with Crippen molar-refractivity contribution >= 4 is 33.5 Å². The van der Waals surface area contributed by atoms with Gasteiger partial charge in [0.2, 0.25) is 5.91 Å². The molecule has 0 atom stereocenters. The number of aromatic nitrogens is 2. The molecule has 0 unspecified atom stereocenters. The van der Waals surface area contributed by atoms with E-state index < -0.39 is 0 Å². The molecule has 1 fully saturated rings. The molecule has 2 rings (SSSR count). The van der Waals surface area contributed by atoms with Crippen molar-refractivity contribution in [2.24, 2.45) is 5.84 Å². The molecule has 1 saturated heterocycles. The molecule has 1 amide bonds. The van der Waals surface area contributed by atoms with Crippen LogP contribution in [0.15, 0.2) is 10.8 Å². The summed E-state index contributed by atoms with van der Waals surface area (Å²) in [6, 6.07) is 0. The molecule has 1 aliphatic heterocycles. The Labute approximate surface area is 113 Å². The van der Waals surface area contributed by atoms with Crippen LogP contribution in [0.5, 0.6) is 0 Å². The Bertz CT molecular complexity index is 434. The fraction of sp³-hybridized carbons (Fsp3) is 0.500. The number of carbonyl (C=O) groups excluding carboxylic acids is 1. The third kappa shape index (κ3) is 2.88. The summed E-state index contributed by atoms with van der Waals surface area (Å²) in [5.41, 5.74) is 2.45. The van der Waals surface area contributed by atoms with E-state index in [4.69, 9.17) is 5.84 Å². The van der Waals surface area contributed by atoms with E-state index in [-0.39, 0.29) is 12.5 Å². The van der Waals surface area contributed by atoms with Crippen molar-refractivity contribution in [3.05, 3.63) is 10.8 Å². The fourth-order valence-corrected chi connectivity index (χ4v) is 2.29. The van der Waals surface area contributed by atoms with Crippen molar-refractivity contribution in [3.63, 3.8) is 0 Å². The molecule has 0 saturated carbocycles. The number of nitrogens with two attached hydrogens (primary N) is 1. The number of amides is 1. The van der Waals surface area contributed by atoms with Gasteiger partial charge in [-0.25, -0.2) is 15.8 Å². The van der Waals surface area contributed by atoms with Crippen LogP contribution in [0.25, 0.3) is 0 Å². The lowest BCUT2D eigenvalue weighted by Crippen LogP contribution is -2.33. The summed E-state index contributed by atoms with van der Waals surface area (Å²) in [5.74, 6) is 6.41. The van der Waals surface area contributed by atoms with Crippen LogP contribution in [-0.4, -0.2) is 40.4 Å². The summed E-state index contributed by atoms with van der Waals surface area (Å²) in [6.07, 6.45) is 3.55. The average Bonchev–Trinajstić information content (AvgIpc) is 2.91. The van der Waals surface area contributed by atoms with Gasteiger partial charge in [0.15, 0.2) is 5.82 Å². The third-order valence-electron chi connectivity index (χ3n) is 2.79. The topological polar surface area (TPSA) is 96.2 Å². The number of nitrogen functional groups attached to an aromatic ring is 1. The summed E-state index contributed by atoms with van der Waals surface area (Å²) in [6.45, 7) is 1.92. The first-order valence-corrected chi connectivity index (χ1v) is 6.50. The van der Waals surface area contributed by atoms with Gasteiger partial charge in [0.05, 0.1) is 6.54 Å². The number of nitrogens with zero attached hydrogens (tertiary/aromatic N) is 3. The second-order valence-corrected chi connectivity index (χ2v) is 4.76. The Morgan fingerprint density at radius 2 is 2.06 bits per heavy atom. The summed E-state index contributed by atoms with van der Waals surface area (Å²) < 4.78 is 0.613. The molecule has 7 nitrogen and oxygen atoms in total. The maximum Gasteiger partial charge on any atom is 0.241 e. The quantitative estimate of drug-likeness (QED) is 0.555. The minimum absolute atomic E-state index is 0.0836. The zero-order valence-corrected chi connectivity index (χ0v) is 11.4. The maximum absolute atomic E-state index is 11.8.